The first kappa shape index (κ1) is 21.4. The van der Waals surface area contributed by atoms with Gasteiger partial charge in [0, 0.05) is 5.69 Å². The average Bonchev–Trinajstić information content (AvgIpc) is 2.35. The lowest BCUT2D eigenvalue weighted by atomic mass is 9.88. The third-order valence-corrected chi connectivity index (χ3v) is 2.61. The van der Waals surface area contributed by atoms with Crippen LogP contribution in [-0.4, -0.2) is 18.4 Å². The SMILES string of the molecule is C#CC(N=C(N)Nc1ccc(OC(F)(F)F)cc1)C(C)(C)C.I. The first-order chi connectivity index (χ1) is 10.0. The zero-order chi connectivity index (χ0) is 17.0. The second-order valence-corrected chi connectivity index (χ2v) is 5.65. The molecule has 8 heteroatoms. The number of guanidine groups is 1. The molecule has 0 radical (unpaired) electrons. The summed E-state index contributed by atoms with van der Waals surface area (Å²) < 4.78 is 39.9. The molecule has 0 bridgehead atoms. The molecule has 0 aliphatic carbocycles. The van der Waals surface area contributed by atoms with Crippen molar-refractivity contribution in [2.75, 3.05) is 5.32 Å². The van der Waals surface area contributed by atoms with Gasteiger partial charge in [-0.3, -0.25) is 0 Å². The molecule has 23 heavy (non-hydrogen) atoms. The smallest absolute Gasteiger partial charge is 0.406 e. The van der Waals surface area contributed by atoms with E-state index in [9.17, 15) is 13.2 Å². The molecule has 0 saturated carbocycles. The second kappa shape index (κ2) is 8.29. The van der Waals surface area contributed by atoms with E-state index in [0.29, 0.717) is 5.69 Å². The Balaban J connectivity index is 0.00000484. The van der Waals surface area contributed by atoms with Crippen LogP contribution in [0.5, 0.6) is 5.75 Å². The fourth-order valence-electron chi connectivity index (χ4n) is 1.54. The fraction of sp³-hybridized carbons (Fsp3) is 0.400. The van der Waals surface area contributed by atoms with E-state index in [1.165, 1.54) is 24.3 Å². The van der Waals surface area contributed by atoms with Crippen molar-refractivity contribution < 1.29 is 17.9 Å². The van der Waals surface area contributed by atoms with Gasteiger partial charge in [0.1, 0.15) is 11.8 Å². The molecule has 0 amide bonds. The molecule has 4 nitrogen and oxygen atoms in total. The molecule has 0 heterocycles. The summed E-state index contributed by atoms with van der Waals surface area (Å²) in [7, 11) is 0. The number of hydrogen-bond donors (Lipinski definition) is 2. The van der Waals surface area contributed by atoms with E-state index in [1.54, 1.807) is 0 Å². The van der Waals surface area contributed by atoms with Gasteiger partial charge in [0.25, 0.3) is 0 Å². The standard InChI is InChI=1S/C15H18F3N3O.HI/c1-5-12(14(2,3)4)21-13(19)20-10-6-8-11(9-7-10)22-15(16,17)18;/h1,6-9,12H,2-4H3,(H3,19,20,21);1H. The lowest BCUT2D eigenvalue weighted by Crippen LogP contribution is -2.30. The molecule has 1 aromatic rings. The Hall–Kier alpha value is -1.63. The van der Waals surface area contributed by atoms with E-state index >= 15 is 0 Å². The Morgan fingerprint density at radius 2 is 1.78 bits per heavy atom. The highest BCUT2D eigenvalue weighted by Gasteiger charge is 2.31. The minimum atomic E-state index is -4.72. The fourth-order valence-corrected chi connectivity index (χ4v) is 1.54. The van der Waals surface area contributed by atoms with Crippen molar-refractivity contribution in [2.45, 2.75) is 33.2 Å². The number of ether oxygens (including phenoxy) is 1. The maximum absolute atomic E-state index is 12.1. The highest BCUT2D eigenvalue weighted by atomic mass is 127. The van der Waals surface area contributed by atoms with Crippen LogP contribution in [0.25, 0.3) is 0 Å². The van der Waals surface area contributed by atoms with Crippen LogP contribution in [-0.2, 0) is 0 Å². The highest BCUT2D eigenvalue weighted by Crippen LogP contribution is 2.24. The van der Waals surface area contributed by atoms with E-state index in [2.05, 4.69) is 21.0 Å². The molecule has 3 N–H and O–H groups in total. The Morgan fingerprint density at radius 1 is 1.26 bits per heavy atom. The molecule has 0 saturated heterocycles. The van der Waals surface area contributed by atoms with Crippen LogP contribution in [0.4, 0.5) is 18.9 Å². The number of nitrogens with one attached hydrogen (secondary N) is 1. The number of rotatable bonds is 3. The minimum Gasteiger partial charge on any atom is -0.406 e. The summed E-state index contributed by atoms with van der Waals surface area (Å²) in [6.45, 7) is 5.78. The predicted octanol–water partition coefficient (Wildman–Crippen LogP) is 3.98. The topological polar surface area (TPSA) is 59.6 Å². The normalized spacial score (nSPS) is 13.5. The number of anilines is 1. The summed E-state index contributed by atoms with van der Waals surface area (Å²) in [5.41, 5.74) is 5.96. The number of nitrogens with two attached hydrogens (primary N) is 1. The quantitative estimate of drug-likeness (QED) is 0.323. The van der Waals surface area contributed by atoms with Gasteiger partial charge in [-0.2, -0.15) is 0 Å². The van der Waals surface area contributed by atoms with Crippen molar-refractivity contribution in [3.05, 3.63) is 24.3 Å². The molecule has 1 unspecified atom stereocenters. The van der Waals surface area contributed by atoms with E-state index < -0.39 is 12.4 Å². The van der Waals surface area contributed by atoms with Crippen molar-refractivity contribution in [2.24, 2.45) is 16.1 Å². The van der Waals surface area contributed by atoms with Gasteiger partial charge < -0.3 is 15.8 Å². The van der Waals surface area contributed by atoms with Crippen LogP contribution in [0, 0.1) is 17.8 Å². The summed E-state index contributed by atoms with van der Waals surface area (Å²) in [5, 5.41) is 2.76. The van der Waals surface area contributed by atoms with Gasteiger partial charge in [-0.15, -0.1) is 43.6 Å². The number of benzene rings is 1. The number of hydrogen-bond acceptors (Lipinski definition) is 2. The van der Waals surface area contributed by atoms with Crippen LogP contribution in [0.15, 0.2) is 29.3 Å². The molecule has 0 aliphatic rings. The van der Waals surface area contributed by atoms with Crippen molar-refractivity contribution in [1.29, 1.82) is 0 Å². The summed E-state index contributed by atoms with van der Waals surface area (Å²) in [5.74, 6) is 2.31. The van der Waals surface area contributed by atoms with Gasteiger partial charge in [-0.25, -0.2) is 4.99 Å². The number of halogens is 4. The molecule has 1 aromatic carbocycles. The Morgan fingerprint density at radius 3 is 2.17 bits per heavy atom. The third-order valence-electron chi connectivity index (χ3n) is 2.61. The maximum Gasteiger partial charge on any atom is 0.573 e. The van der Waals surface area contributed by atoms with E-state index in [0.717, 1.165) is 0 Å². The third kappa shape index (κ3) is 7.97. The van der Waals surface area contributed by atoms with Gasteiger partial charge in [0.2, 0.25) is 0 Å². The van der Waals surface area contributed by atoms with Crippen LogP contribution >= 0.6 is 24.0 Å². The zero-order valence-corrected chi connectivity index (χ0v) is 15.3. The Labute approximate surface area is 150 Å². The molecule has 128 valence electrons. The zero-order valence-electron chi connectivity index (χ0n) is 12.9. The van der Waals surface area contributed by atoms with Gasteiger partial charge in [0.15, 0.2) is 5.96 Å². The van der Waals surface area contributed by atoms with Crippen molar-refractivity contribution >= 4 is 35.6 Å². The Kier molecular flexibility index (Phi) is 7.70. The molecule has 0 spiro atoms. The highest BCUT2D eigenvalue weighted by molar-refractivity contribution is 14.0. The summed E-state index contributed by atoms with van der Waals surface area (Å²) in [4.78, 5) is 4.18. The molecular weight excluding hydrogens is 422 g/mol. The summed E-state index contributed by atoms with van der Waals surface area (Å²) >= 11 is 0. The molecule has 1 atom stereocenters. The number of aliphatic imine (C=N–C) groups is 1. The second-order valence-electron chi connectivity index (χ2n) is 5.65. The largest absolute Gasteiger partial charge is 0.573 e. The van der Waals surface area contributed by atoms with E-state index in [1.807, 2.05) is 20.8 Å². The number of terminal acetylenes is 1. The summed E-state index contributed by atoms with van der Waals surface area (Å²) in [6.07, 6.45) is 0.696. The maximum atomic E-state index is 12.1. The first-order valence-corrected chi connectivity index (χ1v) is 6.43. The van der Waals surface area contributed by atoms with Crippen LogP contribution in [0.3, 0.4) is 0 Å². The number of alkyl halides is 3. The van der Waals surface area contributed by atoms with E-state index in [-0.39, 0.29) is 41.1 Å². The predicted molar refractivity (Wildman–Crippen MR) is 95.9 cm³/mol. The van der Waals surface area contributed by atoms with Gasteiger partial charge in [-0.05, 0) is 29.7 Å². The lowest BCUT2D eigenvalue weighted by Gasteiger charge is -2.23. The van der Waals surface area contributed by atoms with Crippen molar-refractivity contribution in [1.82, 2.24) is 0 Å². The first-order valence-electron chi connectivity index (χ1n) is 6.43. The monoisotopic (exact) mass is 441 g/mol. The van der Waals surface area contributed by atoms with E-state index in [4.69, 9.17) is 12.2 Å². The molecule has 0 aliphatic heterocycles. The van der Waals surface area contributed by atoms with Gasteiger partial charge in [0.05, 0.1) is 0 Å². The summed E-state index contributed by atoms with van der Waals surface area (Å²) in [6, 6.07) is 4.71. The Bertz CT molecular complexity index is 572. The molecule has 0 fully saturated rings. The molecule has 1 rings (SSSR count). The molecule has 0 aromatic heterocycles. The van der Waals surface area contributed by atoms with Crippen molar-refractivity contribution in [3.8, 4) is 18.1 Å². The average molecular weight is 441 g/mol. The molecular formula is C15H19F3IN3O. The lowest BCUT2D eigenvalue weighted by molar-refractivity contribution is -0.274. The minimum absolute atomic E-state index is 0. The van der Waals surface area contributed by atoms with Gasteiger partial charge in [-0.1, -0.05) is 26.7 Å². The van der Waals surface area contributed by atoms with Crippen LogP contribution in [0.1, 0.15) is 20.8 Å². The van der Waals surface area contributed by atoms with Crippen LogP contribution < -0.4 is 15.8 Å². The van der Waals surface area contributed by atoms with Gasteiger partial charge >= 0.3 is 6.36 Å². The van der Waals surface area contributed by atoms with Crippen molar-refractivity contribution in [3.63, 3.8) is 0 Å². The van der Waals surface area contributed by atoms with Crippen LogP contribution in [0.2, 0.25) is 0 Å². The number of nitrogens with zero attached hydrogens (tertiary/aromatic N) is 1.